The van der Waals surface area contributed by atoms with Crippen LogP contribution in [-0.2, 0) is 6.54 Å². The smallest absolute Gasteiger partial charge is 0.106 e. The van der Waals surface area contributed by atoms with E-state index in [1.807, 2.05) is 18.2 Å². The molecule has 0 bridgehead atoms. The van der Waals surface area contributed by atoms with Crippen LogP contribution in [0.2, 0.25) is 10.0 Å². The molecule has 1 aromatic rings. The van der Waals surface area contributed by atoms with Crippen molar-refractivity contribution in [2.45, 2.75) is 59.5 Å². The minimum atomic E-state index is 0.287. The van der Waals surface area contributed by atoms with Crippen LogP contribution in [0.5, 0.6) is 0 Å². The number of hydrogen-bond acceptors (Lipinski definition) is 0. The highest BCUT2D eigenvalue weighted by atomic mass is 35.5. The summed E-state index contributed by atoms with van der Waals surface area (Å²) in [5, 5.41) is 1.44. The van der Waals surface area contributed by atoms with E-state index in [1.54, 1.807) is 5.57 Å². The van der Waals surface area contributed by atoms with Crippen LogP contribution in [0.15, 0.2) is 41.5 Å². The van der Waals surface area contributed by atoms with Crippen molar-refractivity contribution >= 4 is 23.2 Å². The molecule has 2 rings (SSSR count). The van der Waals surface area contributed by atoms with Gasteiger partial charge < -0.3 is 4.48 Å². The third-order valence-electron chi connectivity index (χ3n) is 5.78. The van der Waals surface area contributed by atoms with Gasteiger partial charge in [0.2, 0.25) is 0 Å². The highest BCUT2D eigenvalue weighted by Gasteiger charge is 2.28. The van der Waals surface area contributed by atoms with Crippen molar-refractivity contribution < 1.29 is 4.48 Å². The maximum absolute atomic E-state index is 6.38. The zero-order chi connectivity index (χ0) is 18.8. The molecule has 138 valence electrons. The van der Waals surface area contributed by atoms with Crippen LogP contribution >= 0.6 is 23.2 Å². The predicted octanol–water partition coefficient (Wildman–Crippen LogP) is 7.04. The Morgan fingerprint density at radius 3 is 2.52 bits per heavy atom. The van der Waals surface area contributed by atoms with Crippen molar-refractivity contribution in [1.29, 1.82) is 0 Å². The highest BCUT2D eigenvalue weighted by molar-refractivity contribution is 6.35. The molecule has 3 heteroatoms. The van der Waals surface area contributed by atoms with Gasteiger partial charge in [0.25, 0.3) is 0 Å². The van der Waals surface area contributed by atoms with Gasteiger partial charge >= 0.3 is 0 Å². The first kappa shape index (κ1) is 20.6. The van der Waals surface area contributed by atoms with Crippen molar-refractivity contribution in [3.8, 4) is 0 Å². The van der Waals surface area contributed by atoms with Crippen molar-refractivity contribution in [2.24, 2.45) is 5.41 Å². The molecule has 0 heterocycles. The summed E-state index contributed by atoms with van der Waals surface area (Å²) in [6, 6.07) is 6.18. The Morgan fingerprint density at radius 2 is 1.92 bits per heavy atom. The van der Waals surface area contributed by atoms with Gasteiger partial charge in [-0.3, -0.25) is 0 Å². The van der Waals surface area contributed by atoms with Crippen molar-refractivity contribution in [1.82, 2.24) is 0 Å². The fourth-order valence-electron chi connectivity index (χ4n) is 3.71. The molecule has 0 fully saturated rings. The Hall–Kier alpha value is -0.760. The van der Waals surface area contributed by atoms with Gasteiger partial charge in [-0.1, -0.05) is 54.8 Å². The molecule has 1 aliphatic carbocycles. The van der Waals surface area contributed by atoms with E-state index >= 15 is 0 Å². The van der Waals surface area contributed by atoms with Gasteiger partial charge in [-0.2, -0.15) is 0 Å². The monoisotopic (exact) mass is 380 g/mol. The van der Waals surface area contributed by atoms with E-state index in [9.17, 15) is 0 Å². The first-order valence-corrected chi connectivity index (χ1v) is 9.93. The van der Waals surface area contributed by atoms with Gasteiger partial charge in [0, 0.05) is 10.6 Å². The molecule has 1 unspecified atom stereocenters. The lowest BCUT2D eigenvalue weighted by Gasteiger charge is -2.36. The molecule has 0 saturated carbocycles. The first-order valence-electron chi connectivity index (χ1n) is 9.18. The van der Waals surface area contributed by atoms with E-state index in [0.717, 1.165) is 21.6 Å². The van der Waals surface area contributed by atoms with Crippen molar-refractivity contribution in [3.05, 3.63) is 57.1 Å². The average molecular weight is 381 g/mol. The zero-order valence-electron chi connectivity index (χ0n) is 16.5. The fourth-order valence-corrected chi connectivity index (χ4v) is 4.18. The number of rotatable bonds is 5. The van der Waals surface area contributed by atoms with Gasteiger partial charge in [-0.15, -0.1) is 0 Å². The second kappa shape index (κ2) is 7.86. The van der Waals surface area contributed by atoms with Gasteiger partial charge in [0.05, 0.1) is 19.1 Å². The third kappa shape index (κ3) is 5.12. The molecule has 1 aromatic carbocycles. The van der Waals surface area contributed by atoms with Gasteiger partial charge in [-0.05, 0) is 62.3 Å². The molecular formula is C22H32Cl2N+. The molecular weight excluding hydrogens is 349 g/mol. The largest absolute Gasteiger partial charge is 0.319 e. The fraction of sp³-hybridized carbons (Fsp3) is 0.545. The minimum Gasteiger partial charge on any atom is -0.319 e. The summed E-state index contributed by atoms with van der Waals surface area (Å²) in [5.41, 5.74) is 4.50. The molecule has 1 nitrogen and oxygen atoms in total. The van der Waals surface area contributed by atoms with Crippen LogP contribution in [0.25, 0.3) is 0 Å². The number of halogens is 2. The quantitative estimate of drug-likeness (QED) is 0.480. The Balaban J connectivity index is 2.16. The Kier molecular flexibility index (Phi) is 6.46. The van der Waals surface area contributed by atoms with Gasteiger partial charge in [0.1, 0.15) is 12.6 Å². The SMILES string of the molecule is CC1=C(C=CC(C)[N+](C)(C)Cc2ccc(Cl)cc2Cl)C(C)(C)CCC1. The first-order chi connectivity index (χ1) is 11.5. The molecule has 0 aromatic heterocycles. The van der Waals surface area contributed by atoms with E-state index < -0.39 is 0 Å². The lowest BCUT2D eigenvalue weighted by Crippen LogP contribution is -2.45. The van der Waals surface area contributed by atoms with E-state index in [-0.39, 0.29) is 5.41 Å². The topological polar surface area (TPSA) is 0 Å². The normalized spacial score (nSPS) is 19.5. The van der Waals surface area contributed by atoms with Crippen molar-refractivity contribution in [2.75, 3.05) is 14.1 Å². The standard InChI is InChI=1S/C22H32Cl2N/c1-16-8-7-13-22(3,4)20(16)12-9-17(2)25(5,6)15-18-10-11-19(23)14-21(18)24/h9-12,14,17H,7-8,13,15H2,1-6H3/q+1. The number of hydrogen-bond donors (Lipinski definition) is 0. The van der Waals surface area contributed by atoms with Gasteiger partial charge in [-0.25, -0.2) is 0 Å². The maximum atomic E-state index is 6.38. The average Bonchev–Trinajstić information content (AvgIpc) is 2.48. The molecule has 0 amide bonds. The van der Waals surface area contributed by atoms with E-state index in [4.69, 9.17) is 23.2 Å². The van der Waals surface area contributed by atoms with Crippen LogP contribution in [0.3, 0.4) is 0 Å². The van der Waals surface area contributed by atoms with Crippen LogP contribution in [0.1, 0.15) is 52.5 Å². The van der Waals surface area contributed by atoms with E-state index in [1.165, 1.54) is 24.8 Å². The molecule has 0 N–H and O–H groups in total. The third-order valence-corrected chi connectivity index (χ3v) is 6.37. The molecule has 0 aliphatic heterocycles. The van der Waals surface area contributed by atoms with Crippen LogP contribution in [-0.4, -0.2) is 24.6 Å². The van der Waals surface area contributed by atoms with E-state index in [2.05, 4.69) is 53.9 Å². The Morgan fingerprint density at radius 1 is 1.24 bits per heavy atom. The number of benzene rings is 1. The van der Waals surface area contributed by atoms with E-state index in [0.29, 0.717) is 11.1 Å². The second-order valence-electron chi connectivity index (χ2n) is 8.70. The highest BCUT2D eigenvalue weighted by Crippen LogP contribution is 2.40. The molecule has 0 spiro atoms. The summed E-state index contributed by atoms with van der Waals surface area (Å²) in [6.45, 7) is 10.2. The number of nitrogens with zero attached hydrogens (tertiary/aromatic N) is 1. The summed E-state index contributed by atoms with van der Waals surface area (Å²) in [7, 11) is 4.51. The molecule has 1 atom stereocenters. The summed E-state index contributed by atoms with van der Waals surface area (Å²) in [6.07, 6.45) is 8.56. The second-order valence-corrected chi connectivity index (χ2v) is 9.55. The Bertz CT molecular complexity index is 683. The van der Waals surface area contributed by atoms with Crippen molar-refractivity contribution in [3.63, 3.8) is 0 Å². The van der Waals surface area contributed by atoms with Gasteiger partial charge in [0.15, 0.2) is 0 Å². The summed E-state index contributed by atoms with van der Waals surface area (Å²) >= 11 is 12.4. The molecule has 1 aliphatic rings. The predicted molar refractivity (Wildman–Crippen MR) is 111 cm³/mol. The zero-order valence-corrected chi connectivity index (χ0v) is 18.0. The van der Waals surface area contributed by atoms with Crippen LogP contribution in [0.4, 0.5) is 0 Å². The Labute approximate surface area is 163 Å². The number of quaternary nitrogens is 1. The molecule has 0 saturated heterocycles. The minimum absolute atomic E-state index is 0.287. The summed E-state index contributed by atoms with van der Waals surface area (Å²) in [4.78, 5) is 0. The lowest BCUT2D eigenvalue weighted by molar-refractivity contribution is -0.919. The molecule has 25 heavy (non-hydrogen) atoms. The summed E-state index contributed by atoms with van der Waals surface area (Å²) < 4.78 is 0.852. The maximum Gasteiger partial charge on any atom is 0.106 e. The number of allylic oxidation sites excluding steroid dienone is 3. The molecule has 0 radical (unpaired) electrons. The van der Waals surface area contributed by atoms with Crippen LogP contribution < -0.4 is 0 Å². The lowest BCUT2D eigenvalue weighted by atomic mass is 9.72. The van der Waals surface area contributed by atoms with Crippen LogP contribution in [0, 0.1) is 5.41 Å². The number of likely N-dealkylation sites (N-methyl/N-ethyl adjacent to an activating group) is 1. The summed E-state index contributed by atoms with van der Waals surface area (Å²) in [5.74, 6) is 0.